The molecule has 2 aromatic rings. The van der Waals surface area contributed by atoms with Gasteiger partial charge in [-0.3, -0.25) is 0 Å². The molecule has 0 spiro atoms. The summed E-state index contributed by atoms with van der Waals surface area (Å²) in [6.45, 7) is 0.469. The van der Waals surface area contributed by atoms with Crippen LogP contribution >= 0.6 is 0 Å². The predicted molar refractivity (Wildman–Crippen MR) is 75.1 cm³/mol. The van der Waals surface area contributed by atoms with Crippen molar-refractivity contribution in [2.24, 2.45) is 5.10 Å². The van der Waals surface area contributed by atoms with Crippen molar-refractivity contribution in [3.63, 3.8) is 0 Å². The number of nitrogens with one attached hydrogen (secondary N) is 1. The minimum absolute atomic E-state index is 0.205. The van der Waals surface area contributed by atoms with Crippen LogP contribution in [0.25, 0.3) is 0 Å². The van der Waals surface area contributed by atoms with Gasteiger partial charge in [-0.15, -0.1) is 0 Å². The Hall–Kier alpha value is -2.37. The Kier molecular flexibility index (Phi) is 3.60. The Balaban J connectivity index is 1.95. The van der Waals surface area contributed by atoms with E-state index in [0.29, 0.717) is 17.8 Å². The Morgan fingerprint density at radius 2 is 1.77 bits per heavy atom. The first-order valence-electron chi connectivity index (χ1n) is 6.69. The quantitative estimate of drug-likeness (QED) is 0.835. The third kappa shape index (κ3) is 2.81. The van der Waals surface area contributed by atoms with Crippen molar-refractivity contribution in [3.05, 3.63) is 71.0 Å². The molecule has 0 saturated carbocycles. The van der Waals surface area contributed by atoms with Crippen molar-refractivity contribution in [1.82, 2.24) is 5.43 Å². The molecule has 0 aliphatic carbocycles. The van der Waals surface area contributed by atoms with Gasteiger partial charge in [0.25, 0.3) is 0 Å². The van der Waals surface area contributed by atoms with Crippen LogP contribution in [0.2, 0.25) is 0 Å². The first-order chi connectivity index (χ1) is 10.4. The molecule has 1 atom stereocenters. The SMILES string of the molecule is Fc1ccc([C@@H]2CNN=C2c2cccc(C(F)(F)F)c2)cc1. The second-order valence-electron chi connectivity index (χ2n) is 5.04. The van der Waals surface area contributed by atoms with E-state index in [0.717, 1.165) is 17.7 Å². The van der Waals surface area contributed by atoms with Crippen molar-refractivity contribution in [2.75, 3.05) is 6.54 Å². The number of nitrogens with zero attached hydrogens (tertiary/aromatic N) is 1. The summed E-state index contributed by atoms with van der Waals surface area (Å²) < 4.78 is 51.5. The van der Waals surface area contributed by atoms with Crippen LogP contribution in [0.1, 0.15) is 22.6 Å². The molecule has 1 aliphatic rings. The van der Waals surface area contributed by atoms with E-state index in [1.807, 2.05) is 0 Å². The molecule has 2 nitrogen and oxygen atoms in total. The number of hydrogen-bond donors (Lipinski definition) is 1. The lowest BCUT2D eigenvalue weighted by Crippen LogP contribution is -2.15. The molecule has 1 heterocycles. The lowest BCUT2D eigenvalue weighted by Gasteiger charge is -2.14. The van der Waals surface area contributed by atoms with Crippen molar-refractivity contribution < 1.29 is 17.6 Å². The fourth-order valence-electron chi connectivity index (χ4n) is 2.49. The molecule has 22 heavy (non-hydrogen) atoms. The van der Waals surface area contributed by atoms with E-state index in [-0.39, 0.29) is 11.7 Å². The second-order valence-corrected chi connectivity index (χ2v) is 5.04. The molecule has 114 valence electrons. The molecule has 0 saturated heterocycles. The number of hydrazone groups is 1. The summed E-state index contributed by atoms with van der Waals surface area (Å²) in [7, 11) is 0. The highest BCUT2D eigenvalue weighted by Gasteiger charge is 2.32. The summed E-state index contributed by atoms with van der Waals surface area (Å²) in [6.07, 6.45) is -4.39. The van der Waals surface area contributed by atoms with Crippen molar-refractivity contribution in [3.8, 4) is 0 Å². The molecule has 0 bridgehead atoms. The van der Waals surface area contributed by atoms with Gasteiger partial charge in [0, 0.05) is 12.5 Å². The highest BCUT2D eigenvalue weighted by Crippen LogP contribution is 2.31. The van der Waals surface area contributed by atoms with Gasteiger partial charge in [0.1, 0.15) is 5.82 Å². The van der Waals surface area contributed by atoms with Crippen LogP contribution in [0.4, 0.5) is 17.6 Å². The summed E-state index contributed by atoms with van der Waals surface area (Å²) in [6, 6.07) is 11.0. The van der Waals surface area contributed by atoms with Crippen molar-refractivity contribution in [2.45, 2.75) is 12.1 Å². The van der Waals surface area contributed by atoms with Crippen LogP contribution in [0.15, 0.2) is 53.6 Å². The van der Waals surface area contributed by atoms with Gasteiger partial charge < -0.3 is 5.43 Å². The first kappa shape index (κ1) is 14.6. The molecule has 1 N–H and O–H groups in total. The van der Waals surface area contributed by atoms with Crippen LogP contribution in [-0.4, -0.2) is 12.3 Å². The maximum absolute atomic E-state index is 13.0. The zero-order valence-corrected chi connectivity index (χ0v) is 11.4. The molecule has 2 aromatic carbocycles. The minimum Gasteiger partial charge on any atom is -0.309 e. The molecular weight excluding hydrogens is 296 g/mol. The zero-order chi connectivity index (χ0) is 15.7. The minimum atomic E-state index is -4.39. The van der Waals surface area contributed by atoms with Crippen molar-refractivity contribution >= 4 is 5.71 Å². The maximum atomic E-state index is 13.0. The standard InChI is InChI=1S/C16H12F4N2/c17-13-6-4-10(5-7-13)14-9-21-22-15(14)11-2-1-3-12(8-11)16(18,19)20/h1-8,14,21H,9H2/t14-/m0/s1. The molecule has 0 unspecified atom stereocenters. The van der Waals surface area contributed by atoms with Gasteiger partial charge in [-0.2, -0.15) is 18.3 Å². The van der Waals surface area contributed by atoms with E-state index in [9.17, 15) is 17.6 Å². The lowest BCUT2D eigenvalue weighted by molar-refractivity contribution is -0.137. The Labute approximate surface area is 124 Å². The third-order valence-corrected chi connectivity index (χ3v) is 3.58. The summed E-state index contributed by atoms with van der Waals surface area (Å²) >= 11 is 0. The molecule has 3 rings (SSSR count). The van der Waals surface area contributed by atoms with E-state index < -0.39 is 11.7 Å². The van der Waals surface area contributed by atoms with Gasteiger partial charge in [-0.1, -0.05) is 24.3 Å². The number of rotatable bonds is 2. The van der Waals surface area contributed by atoms with E-state index >= 15 is 0 Å². The Morgan fingerprint density at radius 3 is 2.45 bits per heavy atom. The average molecular weight is 308 g/mol. The summed E-state index contributed by atoms with van der Waals surface area (Å²) in [5, 5.41) is 4.11. The lowest BCUT2D eigenvalue weighted by atomic mass is 9.90. The van der Waals surface area contributed by atoms with E-state index in [2.05, 4.69) is 10.5 Å². The van der Waals surface area contributed by atoms with E-state index in [1.54, 1.807) is 18.2 Å². The number of benzene rings is 2. The summed E-state index contributed by atoms with van der Waals surface area (Å²) in [4.78, 5) is 0. The molecule has 1 aliphatic heterocycles. The van der Waals surface area contributed by atoms with E-state index in [4.69, 9.17) is 0 Å². The maximum Gasteiger partial charge on any atom is 0.416 e. The molecule has 6 heteroatoms. The Morgan fingerprint density at radius 1 is 1.05 bits per heavy atom. The highest BCUT2D eigenvalue weighted by molar-refractivity contribution is 6.06. The van der Waals surface area contributed by atoms with Gasteiger partial charge in [-0.25, -0.2) is 4.39 Å². The normalized spacial score (nSPS) is 18.0. The van der Waals surface area contributed by atoms with Crippen LogP contribution in [0.5, 0.6) is 0 Å². The Bertz CT molecular complexity index is 705. The third-order valence-electron chi connectivity index (χ3n) is 3.58. The number of alkyl halides is 3. The van der Waals surface area contributed by atoms with Crippen LogP contribution < -0.4 is 5.43 Å². The molecule has 0 aromatic heterocycles. The second kappa shape index (κ2) is 5.44. The predicted octanol–water partition coefficient (Wildman–Crippen LogP) is 3.94. The van der Waals surface area contributed by atoms with Crippen LogP contribution in [0, 0.1) is 5.82 Å². The van der Waals surface area contributed by atoms with Gasteiger partial charge in [0.15, 0.2) is 0 Å². The average Bonchev–Trinajstić information content (AvgIpc) is 2.97. The van der Waals surface area contributed by atoms with Crippen molar-refractivity contribution in [1.29, 1.82) is 0 Å². The molecule has 0 amide bonds. The van der Waals surface area contributed by atoms with Crippen LogP contribution in [-0.2, 0) is 6.18 Å². The van der Waals surface area contributed by atoms with Gasteiger partial charge in [0.2, 0.25) is 0 Å². The molecule has 0 fully saturated rings. The van der Waals surface area contributed by atoms with E-state index in [1.165, 1.54) is 18.2 Å². The molecule has 0 radical (unpaired) electrons. The monoisotopic (exact) mass is 308 g/mol. The first-order valence-corrected chi connectivity index (χ1v) is 6.69. The summed E-state index contributed by atoms with van der Waals surface area (Å²) in [5.41, 5.74) is 3.84. The topological polar surface area (TPSA) is 24.4 Å². The largest absolute Gasteiger partial charge is 0.416 e. The number of hydrogen-bond acceptors (Lipinski definition) is 2. The van der Waals surface area contributed by atoms with Gasteiger partial charge in [0.05, 0.1) is 11.3 Å². The summed E-state index contributed by atoms with van der Waals surface area (Å²) in [5.74, 6) is -0.559. The fourth-order valence-corrected chi connectivity index (χ4v) is 2.49. The fraction of sp³-hybridized carbons (Fsp3) is 0.188. The smallest absolute Gasteiger partial charge is 0.309 e. The number of halogens is 4. The highest BCUT2D eigenvalue weighted by atomic mass is 19.4. The molecular formula is C16H12F4N2. The zero-order valence-electron chi connectivity index (χ0n) is 11.4. The van der Waals surface area contributed by atoms with Gasteiger partial charge >= 0.3 is 6.18 Å². The van der Waals surface area contributed by atoms with Crippen LogP contribution in [0.3, 0.4) is 0 Å². The van der Waals surface area contributed by atoms with Gasteiger partial charge in [-0.05, 0) is 35.4 Å².